The molecule has 0 aliphatic carbocycles. The minimum absolute atomic E-state index is 0.0645. The summed E-state index contributed by atoms with van der Waals surface area (Å²) in [6.45, 7) is 2.61. The number of hydrogen-bond acceptors (Lipinski definition) is 4. The van der Waals surface area contributed by atoms with Crippen molar-refractivity contribution in [3.8, 4) is 0 Å². The standard InChI is InChI=1S/C26H29N3O3S2/c1-4-9-22(25-12-8-15-33-25)27-26(30)24-17-20-16-21(34(31,32)28(2)3)13-14-23(20)29(24)18-19-10-6-5-7-11-19/h5-8,10-17,22H,4,9,18H2,1-3H3,(H,27,30)/t22-/m0/s1. The number of carbonyl (C=O) groups excluding carboxylic acids is 1. The van der Waals surface area contributed by atoms with Gasteiger partial charge in [-0.3, -0.25) is 4.79 Å². The molecule has 0 radical (unpaired) electrons. The van der Waals surface area contributed by atoms with Crippen molar-refractivity contribution in [1.29, 1.82) is 0 Å². The maximum Gasteiger partial charge on any atom is 0.268 e. The van der Waals surface area contributed by atoms with Crippen molar-refractivity contribution in [2.75, 3.05) is 14.1 Å². The third-order valence-corrected chi connectivity index (χ3v) is 8.63. The van der Waals surface area contributed by atoms with Gasteiger partial charge in [-0.1, -0.05) is 49.7 Å². The van der Waals surface area contributed by atoms with E-state index in [1.54, 1.807) is 35.6 Å². The normalized spacial score (nSPS) is 12.8. The Morgan fingerprint density at radius 1 is 1.06 bits per heavy atom. The van der Waals surface area contributed by atoms with E-state index < -0.39 is 10.0 Å². The van der Waals surface area contributed by atoms with Gasteiger partial charge in [-0.2, -0.15) is 0 Å². The molecular weight excluding hydrogens is 466 g/mol. The van der Waals surface area contributed by atoms with Crippen LogP contribution in [0.5, 0.6) is 0 Å². The highest BCUT2D eigenvalue weighted by atomic mass is 32.2. The van der Waals surface area contributed by atoms with Crippen molar-refractivity contribution < 1.29 is 13.2 Å². The third-order valence-electron chi connectivity index (χ3n) is 5.84. The topological polar surface area (TPSA) is 71.4 Å². The molecule has 34 heavy (non-hydrogen) atoms. The molecule has 0 saturated heterocycles. The molecule has 0 bridgehead atoms. The lowest BCUT2D eigenvalue weighted by Crippen LogP contribution is -2.30. The number of amides is 1. The second-order valence-corrected chi connectivity index (χ2v) is 11.6. The van der Waals surface area contributed by atoms with Crippen LogP contribution >= 0.6 is 11.3 Å². The Morgan fingerprint density at radius 2 is 1.82 bits per heavy atom. The molecule has 0 aliphatic rings. The van der Waals surface area contributed by atoms with E-state index in [9.17, 15) is 13.2 Å². The van der Waals surface area contributed by atoms with Crippen LogP contribution in [0, 0.1) is 0 Å². The smallest absolute Gasteiger partial charge is 0.268 e. The lowest BCUT2D eigenvalue weighted by atomic mass is 10.1. The molecule has 0 unspecified atom stereocenters. The number of rotatable bonds is 9. The molecule has 2 heterocycles. The van der Waals surface area contributed by atoms with Crippen LogP contribution in [0.25, 0.3) is 10.9 Å². The highest BCUT2D eigenvalue weighted by molar-refractivity contribution is 7.89. The Labute approximate surface area is 204 Å². The first-order chi connectivity index (χ1) is 16.3. The summed E-state index contributed by atoms with van der Waals surface area (Å²) in [6, 6.07) is 20.7. The highest BCUT2D eigenvalue weighted by Gasteiger charge is 2.23. The highest BCUT2D eigenvalue weighted by Crippen LogP contribution is 2.28. The van der Waals surface area contributed by atoms with Crippen molar-refractivity contribution >= 4 is 38.2 Å². The van der Waals surface area contributed by atoms with Crippen LogP contribution in [0.2, 0.25) is 0 Å². The average molecular weight is 496 g/mol. The molecule has 4 rings (SSSR count). The third kappa shape index (κ3) is 4.94. The van der Waals surface area contributed by atoms with E-state index in [0.29, 0.717) is 17.6 Å². The predicted molar refractivity (Wildman–Crippen MR) is 138 cm³/mol. The number of nitrogens with zero attached hydrogens (tertiary/aromatic N) is 2. The molecule has 4 aromatic rings. The van der Waals surface area contributed by atoms with Crippen LogP contribution in [0.15, 0.2) is 77.0 Å². The second-order valence-electron chi connectivity index (χ2n) is 8.44. The lowest BCUT2D eigenvalue weighted by molar-refractivity contribution is 0.0926. The fourth-order valence-electron chi connectivity index (χ4n) is 4.04. The molecule has 1 amide bonds. The number of carbonyl (C=O) groups is 1. The SMILES string of the molecule is CCC[C@H](NC(=O)c1cc2cc(S(=O)(=O)N(C)C)ccc2n1Cc1ccccc1)c1cccs1. The maximum absolute atomic E-state index is 13.5. The molecule has 0 saturated carbocycles. The summed E-state index contributed by atoms with van der Waals surface area (Å²) in [5.74, 6) is -0.170. The van der Waals surface area contributed by atoms with Gasteiger partial charge in [-0.05, 0) is 47.7 Å². The summed E-state index contributed by atoms with van der Waals surface area (Å²) >= 11 is 1.63. The number of fused-ring (bicyclic) bond motifs is 1. The van der Waals surface area contributed by atoms with Gasteiger partial charge in [0, 0.05) is 36.4 Å². The zero-order chi connectivity index (χ0) is 24.3. The number of thiophene rings is 1. The first-order valence-electron chi connectivity index (χ1n) is 11.2. The molecule has 0 aliphatic heterocycles. The molecule has 6 nitrogen and oxygen atoms in total. The van der Waals surface area contributed by atoms with E-state index >= 15 is 0 Å². The van der Waals surface area contributed by atoms with Crippen molar-refractivity contribution in [2.24, 2.45) is 0 Å². The summed E-state index contributed by atoms with van der Waals surface area (Å²) < 4.78 is 28.5. The molecule has 8 heteroatoms. The van der Waals surface area contributed by atoms with E-state index in [2.05, 4.69) is 12.2 Å². The summed E-state index contributed by atoms with van der Waals surface area (Å²) in [5, 5.41) is 5.94. The Hall–Kier alpha value is -2.94. The van der Waals surface area contributed by atoms with Crippen LogP contribution < -0.4 is 5.32 Å². The van der Waals surface area contributed by atoms with Gasteiger partial charge < -0.3 is 9.88 Å². The molecule has 178 valence electrons. The lowest BCUT2D eigenvalue weighted by Gasteiger charge is -2.18. The van der Waals surface area contributed by atoms with Crippen molar-refractivity contribution in [3.05, 3.63) is 88.2 Å². The number of hydrogen-bond donors (Lipinski definition) is 1. The molecule has 2 aromatic carbocycles. The van der Waals surface area contributed by atoms with Crippen molar-refractivity contribution in [2.45, 2.75) is 37.2 Å². The first kappa shape index (κ1) is 24.2. The molecule has 0 fully saturated rings. The van der Waals surface area contributed by atoms with Gasteiger partial charge in [0.2, 0.25) is 10.0 Å². The number of sulfonamides is 1. The average Bonchev–Trinajstić information content (AvgIpc) is 3.48. The van der Waals surface area contributed by atoms with Gasteiger partial charge in [0.25, 0.3) is 5.91 Å². The minimum atomic E-state index is -3.58. The number of benzene rings is 2. The molecule has 2 aromatic heterocycles. The number of aromatic nitrogens is 1. The van der Waals surface area contributed by atoms with E-state index in [0.717, 1.165) is 28.8 Å². The van der Waals surface area contributed by atoms with E-state index in [1.807, 2.05) is 52.4 Å². The Morgan fingerprint density at radius 3 is 2.47 bits per heavy atom. The van der Waals surface area contributed by atoms with Gasteiger partial charge in [-0.25, -0.2) is 12.7 Å². The Bertz CT molecular complexity index is 1380. The van der Waals surface area contributed by atoms with E-state index in [4.69, 9.17) is 0 Å². The van der Waals surface area contributed by atoms with Crippen LogP contribution in [0.1, 0.15) is 46.7 Å². The zero-order valence-electron chi connectivity index (χ0n) is 19.6. The Balaban J connectivity index is 1.78. The second kappa shape index (κ2) is 10.1. The van der Waals surface area contributed by atoms with Crippen LogP contribution in [0.3, 0.4) is 0 Å². The largest absolute Gasteiger partial charge is 0.343 e. The number of nitrogens with one attached hydrogen (secondary N) is 1. The van der Waals surface area contributed by atoms with E-state index in [1.165, 1.54) is 18.4 Å². The zero-order valence-corrected chi connectivity index (χ0v) is 21.2. The maximum atomic E-state index is 13.5. The summed E-state index contributed by atoms with van der Waals surface area (Å²) in [4.78, 5) is 14.9. The monoisotopic (exact) mass is 495 g/mol. The summed E-state index contributed by atoms with van der Waals surface area (Å²) in [6.07, 6.45) is 1.79. The van der Waals surface area contributed by atoms with Gasteiger partial charge in [0.1, 0.15) is 5.69 Å². The van der Waals surface area contributed by atoms with Gasteiger partial charge in [0.15, 0.2) is 0 Å². The van der Waals surface area contributed by atoms with Crippen molar-refractivity contribution in [3.63, 3.8) is 0 Å². The fourth-order valence-corrected chi connectivity index (χ4v) is 5.79. The van der Waals surface area contributed by atoms with Gasteiger partial charge in [0.05, 0.1) is 10.9 Å². The first-order valence-corrected chi connectivity index (χ1v) is 13.6. The van der Waals surface area contributed by atoms with Crippen LogP contribution in [-0.2, 0) is 16.6 Å². The molecular formula is C26H29N3O3S2. The van der Waals surface area contributed by atoms with Crippen LogP contribution in [-0.4, -0.2) is 37.3 Å². The quantitative estimate of drug-likeness (QED) is 0.344. The summed E-state index contributed by atoms with van der Waals surface area (Å²) in [7, 11) is -0.559. The van der Waals surface area contributed by atoms with Gasteiger partial charge >= 0.3 is 0 Å². The molecule has 0 spiro atoms. The van der Waals surface area contributed by atoms with Gasteiger partial charge in [-0.15, -0.1) is 11.3 Å². The van der Waals surface area contributed by atoms with Crippen LogP contribution in [0.4, 0.5) is 0 Å². The fraction of sp³-hybridized carbons (Fsp3) is 0.269. The molecule has 1 atom stereocenters. The molecule has 1 N–H and O–H groups in total. The Kier molecular flexibility index (Phi) is 7.21. The van der Waals surface area contributed by atoms with Crippen molar-refractivity contribution in [1.82, 2.24) is 14.2 Å². The minimum Gasteiger partial charge on any atom is -0.343 e. The predicted octanol–water partition coefficient (Wildman–Crippen LogP) is 5.27. The summed E-state index contributed by atoms with van der Waals surface area (Å²) in [5.41, 5.74) is 2.38. The van der Waals surface area contributed by atoms with E-state index in [-0.39, 0.29) is 16.8 Å².